The van der Waals surface area contributed by atoms with Crippen LogP contribution in [0.15, 0.2) is 66.7 Å². The number of non-ortho nitro benzene ring substituents is 1. The molecule has 0 saturated carbocycles. The van der Waals surface area contributed by atoms with Crippen LogP contribution in [-0.2, 0) is 11.3 Å². The van der Waals surface area contributed by atoms with Gasteiger partial charge in [-0.15, -0.1) is 0 Å². The Morgan fingerprint density at radius 1 is 0.906 bits per heavy atom. The SMILES string of the molecule is O=C1/C(=C/c2cccc([N+](=O)[O-])c2)c2ccccc2C(=O)N1Cc1ccc2c(c1)OCO2. The quantitative estimate of drug-likeness (QED) is 0.269. The molecule has 5 rings (SSSR count). The highest BCUT2D eigenvalue weighted by Crippen LogP contribution is 2.35. The van der Waals surface area contributed by atoms with Crippen molar-refractivity contribution in [2.24, 2.45) is 0 Å². The zero-order valence-corrected chi connectivity index (χ0v) is 16.7. The number of carbonyl (C=O) groups is 2. The number of amides is 2. The lowest BCUT2D eigenvalue weighted by Crippen LogP contribution is -2.41. The highest BCUT2D eigenvalue weighted by Gasteiger charge is 2.35. The number of ether oxygens (including phenoxy) is 2. The molecule has 0 fully saturated rings. The first-order chi connectivity index (χ1) is 15.5. The number of hydrogen-bond acceptors (Lipinski definition) is 6. The molecule has 3 aromatic rings. The number of hydrogen-bond donors (Lipinski definition) is 0. The highest BCUT2D eigenvalue weighted by atomic mass is 16.7. The van der Waals surface area contributed by atoms with Gasteiger partial charge in [0.15, 0.2) is 11.5 Å². The number of nitro benzene ring substituents is 1. The van der Waals surface area contributed by atoms with E-state index in [4.69, 9.17) is 9.47 Å². The normalized spacial score (nSPS) is 15.8. The van der Waals surface area contributed by atoms with E-state index in [-0.39, 0.29) is 19.0 Å². The molecule has 0 N–H and O–H groups in total. The van der Waals surface area contributed by atoms with E-state index in [1.807, 2.05) is 0 Å². The second-order valence-corrected chi connectivity index (χ2v) is 7.34. The summed E-state index contributed by atoms with van der Waals surface area (Å²) >= 11 is 0. The molecule has 8 nitrogen and oxygen atoms in total. The number of fused-ring (bicyclic) bond motifs is 2. The summed E-state index contributed by atoms with van der Waals surface area (Å²) < 4.78 is 10.7. The van der Waals surface area contributed by atoms with Crippen molar-refractivity contribution in [1.29, 1.82) is 0 Å². The van der Waals surface area contributed by atoms with E-state index in [9.17, 15) is 19.7 Å². The summed E-state index contributed by atoms with van der Waals surface area (Å²) in [7, 11) is 0. The van der Waals surface area contributed by atoms with E-state index in [0.29, 0.717) is 39.3 Å². The fourth-order valence-electron chi connectivity index (χ4n) is 3.80. The molecule has 3 aromatic carbocycles. The third-order valence-electron chi connectivity index (χ3n) is 5.34. The molecule has 2 heterocycles. The molecule has 8 heteroatoms. The number of benzene rings is 3. The van der Waals surface area contributed by atoms with Crippen LogP contribution >= 0.6 is 0 Å². The van der Waals surface area contributed by atoms with Gasteiger partial charge in [0.05, 0.1) is 11.5 Å². The lowest BCUT2D eigenvalue weighted by Gasteiger charge is -2.28. The van der Waals surface area contributed by atoms with Crippen LogP contribution in [0.25, 0.3) is 11.6 Å². The third-order valence-corrected chi connectivity index (χ3v) is 5.34. The highest BCUT2D eigenvalue weighted by molar-refractivity contribution is 6.33. The first kappa shape index (κ1) is 19.5. The minimum Gasteiger partial charge on any atom is -0.454 e. The smallest absolute Gasteiger partial charge is 0.270 e. The van der Waals surface area contributed by atoms with Gasteiger partial charge in [0, 0.05) is 23.3 Å². The van der Waals surface area contributed by atoms with Crippen LogP contribution in [0.1, 0.15) is 27.0 Å². The van der Waals surface area contributed by atoms with Gasteiger partial charge in [-0.3, -0.25) is 24.6 Å². The molecule has 0 atom stereocenters. The summed E-state index contributed by atoms with van der Waals surface area (Å²) in [5.41, 5.74) is 2.31. The predicted molar refractivity (Wildman–Crippen MR) is 115 cm³/mol. The molecule has 0 spiro atoms. The summed E-state index contributed by atoms with van der Waals surface area (Å²) in [5.74, 6) is 0.297. The van der Waals surface area contributed by atoms with Gasteiger partial charge in [-0.2, -0.15) is 0 Å². The number of imide groups is 1. The van der Waals surface area contributed by atoms with Crippen LogP contribution in [-0.4, -0.2) is 28.4 Å². The van der Waals surface area contributed by atoms with E-state index in [0.717, 1.165) is 0 Å². The number of rotatable bonds is 4. The number of nitrogens with zero attached hydrogens (tertiary/aromatic N) is 2. The summed E-state index contributed by atoms with van der Waals surface area (Å²) in [5, 5.41) is 11.1. The maximum absolute atomic E-state index is 13.4. The lowest BCUT2D eigenvalue weighted by molar-refractivity contribution is -0.384. The summed E-state index contributed by atoms with van der Waals surface area (Å²) in [6.07, 6.45) is 1.58. The van der Waals surface area contributed by atoms with Crippen molar-refractivity contribution in [3.05, 3.63) is 99.1 Å². The molecule has 0 radical (unpaired) electrons. The Bertz CT molecular complexity index is 1310. The minimum atomic E-state index is -0.492. The predicted octanol–water partition coefficient (Wildman–Crippen LogP) is 4.05. The van der Waals surface area contributed by atoms with Gasteiger partial charge in [-0.05, 0) is 41.0 Å². The topological polar surface area (TPSA) is 99.0 Å². The standard InChI is InChI=1S/C24H16N2O6/c27-23-19-7-2-1-6-18(19)20(11-15-4-3-5-17(10-15)26(29)30)24(28)25(23)13-16-8-9-21-22(12-16)32-14-31-21/h1-12H,13-14H2/b20-11+. The first-order valence-electron chi connectivity index (χ1n) is 9.81. The van der Waals surface area contributed by atoms with Crippen molar-refractivity contribution in [3.8, 4) is 11.5 Å². The van der Waals surface area contributed by atoms with Crippen LogP contribution in [0.3, 0.4) is 0 Å². The van der Waals surface area contributed by atoms with Crippen molar-refractivity contribution in [3.63, 3.8) is 0 Å². The van der Waals surface area contributed by atoms with Gasteiger partial charge in [0.1, 0.15) is 0 Å². The Morgan fingerprint density at radius 3 is 2.50 bits per heavy atom. The van der Waals surface area contributed by atoms with Crippen LogP contribution in [0.5, 0.6) is 11.5 Å². The van der Waals surface area contributed by atoms with Crippen LogP contribution in [0.4, 0.5) is 5.69 Å². The van der Waals surface area contributed by atoms with Gasteiger partial charge in [-0.1, -0.05) is 36.4 Å². The molecule has 0 aromatic heterocycles. The fourth-order valence-corrected chi connectivity index (χ4v) is 3.80. The molecule has 2 amide bonds. The van der Waals surface area contributed by atoms with E-state index < -0.39 is 16.7 Å². The van der Waals surface area contributed by atoms with Crippen molar-refractivity contribution in [2.45, 2.75) is 6.54 Å². The molecular formula is C24H16N2O6. The Balaban J connectivity index is 1.56. The van der Waals surface area contributed by atoms with Crippen molar-refractivity contribution in [2.75, 3.05) is 6.79 Å². The van der Waals surface area contributed by atoms with Gasteiger partial charge < -0.3 is 9.47 Å². The van der Waals surface area contributed by atoms with Crippen LogP contribution in [0, 0.1) is 10.1 Å². The van der Waals surface area contributed by atoms with E-state index in [1.165, 1.54) is 17.0 Å². The molecule has 2 aliphatic heterocycles. The number of carbonyl (C=O) groups excluding carboxylic acids is 2. The Hall–Kier alpha value is -4.46. The number of nitro groups is 1. The molecule has 0 bridgehead atoms. The van der Waals surface area contributed by atoms with Gasteiger partial charge in [-0.25, -0.2) is 0 Å². The third kappa shape index (κ3) is 3.37. The van der Waals surface area contributed by atoms with E-state index >= 15 is 0 Å². The fraction of sp³-hybridized carbons (Fsp3) is 0.0833. The summed E-state index contributed by atoms with van der Waals surface area (Å²) in [6.45, 7) is 0.179. The van der Waals surface area contributed by atoms with Crippen LogP contribution in [0.2, 0.25) is 0 Å². The molecule has 0 unspecified atom stereocenters. The molecule has 0 aliphatic carbocycles. The molecule has 158 valence electrons. The Kier molecular flexibility index (Phi) is 4.67. The largest absolute Gasteiger partial charge is 0.454 e. The van der Waals surface area contributed by atoms with Gasteiger partial charge in [0.25, 0.3) is 17.5 Å². The van der Waals surface area contributed by atoms with E-state index in [2.05, 4.69) is 0 Å². The Morgan fingerprint density at radius 2 is 1.69 bits per heavy atom. The minimum absolute atomic E-state index is 0.0505. The molecule has 2 aliphatic rings. The second kappa shape index (κ2) is 7.66. The summed E-state index contributed by atoms with van der Waals surface area (Å²) in [4.78, 5) is 38.4. The zero-order valence-electron chi connectivity index (χ0n) is 16.7. The zero-order chi connectivity index (χ0) is 22.2. The Labute approximate surface area is 182 Å². The summed E-state index contributed by atoms with van der Waals surface area (Å²) in [6, 6.07) is 18.1. The van der Waals surface area contributed by atoms with Crippen molar-refractivity contribution >= 4 is 29.2 Å². The monoisotopic (exact) mass is 428 g/mol. The molecular weight excluding hydrogens is 412 g/mol. The van der Waals surface area contributed by atoms with Crippen LogP contribution < -0.4 is 9.47 Å². The molecule has 0 saturated heterocycles. The second-order valence-electron chi connectivity index (χ2n) is 7.34. The lowest BCUT2D eigenvalue weighted by atomic mass is 9.91. The van der Waals surface area contributed by atoms with E-state index in [1.54, 1.807) is 60.7 Å². The molecule has 32 heavy (non-hydrogen) atoms. The average Bonchev–Trinajstić information content (AvgIpc) is 3.27. The first-order valence-corrected chi connectivity index (χ1v) is 9.81. The maximum atomic E-state index is 13.4. The van der Waals surface area contributed by atoms with Gasteiger partial charge in [0.2, 0.25) is 6.79 Å². The van der Waals surface area contributed by atoms with Gasteiger partial charge >= 0.3 is 0 Å². The van der Waals surface area contributed by atoms with Crippen molar-refractivity contribution < 1.29 is 24.0 Å². The van der Waals surface area contributed by atoms with Crippen molar-refractivity contribution in [1.82, 2.24) is 4.90 Å². The average molecular weight is 428 g/mol. The maximum Gasteiger partial charge on any atom is 0.270 e.